The second kappa shape index (κ2) is 8.22. The summed E-state index contributed by atoms with van der Waals surface area (Å²) in [6.45, 7) is 5.27. The lowest BCUT2D eigenvalue weighted by Crippen LogP contribution is -2.47. The van der Waals surface area contributed by atoms with Crippen molar-refractivity contribution in [1.82, 2.24) is 4.90 Å². The van der Waals surface area contributed by atoms with Gasteiger partial charge in [0.05, 0.1) is 11.5 Å². The molecule has 2 heterocycles. The molecule has 2 fully saturated rings. The standard InChI is InChI=1S/C20H25F3N2O4/c1-14(2)28-13-17(26)24-10-7-19(8-11-24)9-12-25(18(19)27)15-3-5-16(6-4-15)29-20(21,22)23/h3-6,14H,7-13H2,1-2H3. The van der Waals surface area contributed by atoms with Crippen LogP contribution < -0.4 is 9.64 Å². The molecule has 0 unspecified atom stereocenters. The van der Waals surface area contributed by atoms with Crippen LogP contribution in [0.2, 0.25) is 0 Å². The number of carbonyl (C=O) groups excluding carboxylic acids is 2. The molecule has 2 aliphatic heterocycles. The minimum absolute atomic E-state index is 0.0204. The predicted octanol–water partition coefficient (Wildman–Crippen LogP) is 3.36. The zero-order chi connectivity index (χ0) is 21.2. The van der Waals surface area contributed by atoms with E-state index in [1.54, 1.807) is 9.80 Å². The van der Waals surface area contributed by atoms with Crippen LogP contribution >= 0.6 is 0 Å². The number of hydrogen-bond acceptors (Lipinski definition) is 4. The lowest BCUT2D eigenvalue weighted by molar-refractivity contribution is -0.274. The van der Waals surface area contributed by atoms with Gasteiger partial charge in [-0.2, -0.15) is 0 Å². The van der Waals surface area contributed by atoms with Crippen LogP contribution in [-0.2, 0) is 14.3 Å². The number of carbonyl (C=O) groups is 2. The fourth-order valence-electron chi connectivity index (χ4n) is 3.87. The molecule has 0 bridgehead atoms. The van der Waals surface area contributed by atoms with Crippen molar-refractivity contribution >= 4 is 17.5 Å². The Balaban J connectivity index is 1.59. The Morgan fingerprint density at radius 3 is 2.24 bits per heavy atom. The average Bonchev–Trinajstić information content (AvgIpc) is 2.96. The highest BCUT2D eigenvalue weighted by atomic mass is 19.4. The summed E-state index contributed by atoms with van der Waals surface area (Å²) < 4.78 is 46.1. The molecule has 6 nitrogen and oxygen atoms in total. The lowest BCUT2D eigenvalue weighted by atomic mass is 9.77. The number of halogens is 3. The van der Waals surface area contributed by atoms with Gasteiger partial charge in [-0.25, -0.2) is 0 Å². The van der Waals surface area contributed by atoms with Crippen LogP contribution in [-0.4, -0.2) is 55.4 Å². The molecule has 0 aromatic heterocycles. The summed E-state index contributed by atoms with van der Waals surface area (Å²) in [5.41, 5.74) is 0.0295. The van der Waals surface area contributed by atoms with Gasteiger partial charge in [-0.1, -0.05) is 0 Å². The van der Waals surface area contributed by atoms with Gasteiger partial charge in [0, 0.05) is 25.3 Å². The Bertz CT molecular complexity index is 741. The zero-order valence-electron chi connectivity index (χ0n) is 16.5. The number of alkyl halides is 3. The van der Waals surface area contributed by atoms with Gasteiger partial charge in [-0.3, -0.25) is 9.59 Å². The summed E-state index contributed by atoms with van der Waals surface area (Å²) >= 11 is 0. The molecule has 2 aliphatic rings. The maximum Gasteiger partial charge on any atom is 0.573 e. The Morgan fingerprint density at radius 1 is 1.10 bits per heavy atom. The van der Waals surface area contributed by atoms with Gasteiger partial charge in [-0.15, -0.1) is 13.2 Å². The van der Waals surface area contributed by atoms with E-state index in [0.717, 1.165) is 0 Å². The van der Waals surface area contributed by atoms with Crippen LogP contribution in [0, 0.1) is 5.41 Å². The third kappa shape index (κ3) is 5.01. The van der Waals surface area contributed by atoms with Crippen LogP contribution in [0.15, 0.2) is 24.3 Å². The summed E-state index contributed by atoms with van der Waals surface area (Å²) in [5.74, 6) is -0.429. The van der Waals surface area contributed by atoms with E-state index < -0.39 is 11.8 Å². The monoisotopic (exact) mass is 414 g/mol. The molecule has 0 atom stereocenters. The molecule has 0 radical (unpaired) electrons. The topological polar surface area (TPSA) is 59.1 Å². The average molecular weight is 414 g/mol. The minimum Gasteiger partial charge on any atom is -0.406 e. The first-order valence-electron chi connectivity index (χ1n) is 9.67. The molecule has 1 aromatic carbocycles. The first-order chi connectivity index (χ1) is 13.6. The van der Waals surface area contributed by atoms with Crippen LogP contribution in [0.1, 0.15) is 33.1 Å². The van der Waals surface area contributed by atoms with E-state index in [1.165, 1.54) is 24.3 Å². The normalized spacial score (nSPS) is 19.3. The van der Waals surface area contributed by atoms with Crippen molar-refractivity contribution < 1.29 is 32.2 Å². The number of rotatable bonds is 5. The van der Waals surface area contributed by atoms with E-state index in [4.69, 9.17) is 4.74 Å². The van der Waals surface area contributed by atoms with Crippen LogP contribution in [0.4, 0.5) is 18.9 Å². The van der Waals surface area contributed by atoms with E-state index in [1.807, 2.05) is 13.8 Å². The molecular formula is C20H25F3N2O4. The molecule has 0 aliphatic carbocycles. The van der Waals surface area contributed by atoms with Crippen molar-refractivity contribution in [1.29, 1.82) is 0 Å². The highest BCUT2D eigenvalue weighted by Gasteiger charge is 2.49. The second-order valence-corrected chi connectivity index (χ2v) is 7.77. The van der Waals surface area contributed by atoms with Gasteiger partial charge in [0.15, 0.2) is 0 Å². The third-order valence-electron chi connectivity index (χ3n) is 5.51. The Morgan fingerprint density at radius 2 is 1.69 bits per heavy atom. The number of piperidine rings is 1. The van der Waals surface area contributed by atoms with E-state index in [0.29, 0.717) is 44.6 Å². The van der Waals surface area contributed by atoms with Crippen LogP contribution in [0.3, 0.4) is 0 Å². The smallest absolute Gasteiger partial charge is 0.406 e. The number of anilines is 1. The molecule has 9 heteroatoms. The number of ether oxygens (including phenoxy) is 2. The lowest BCUT2D eigenvalue weighted by Gasteiger charge is -2.38. The largest absolute Gasteiger partial charge is 0.573 e. The van der Waals surface area contributed by atoms with E-state index in [9.17, 15) is 22.8 Å². The molecule has 1 aromatic rings. The molecule has 0 N–H and O–H groups in total. The Hall–Kier alpha value is -2.29. The van der Waals surface area contributed by atoms with Gasteiger partial charge >= 0.3 is 6.36 Å². The molecular weight excluding hydrogens is 389 g/mol. The summed E-state index contributed by atoms with van der Waals surface area (Å²) in [7, 11) is 0. The number of hydrogen-bond donors (Lipinski definition) is 0. The molecule has 29 heavy (non-hydrogen) atoms. The van der Waals surface area contributed by atoms with Crippen molar-refractivity contribution in [2.75, 3.05) is 31.1 Å². The SMILES string of the molecule is CC(C)OCC(=O)N1CCC2(CC1)CCN(c1ccc(OC(F)(F)F)cc1)C2=O. The van der Waals surface area contributed by atoms with Gasteiger partial charge < -0.3 is 19.3 Å². The maximum atomic E-state index is 13.1. The second-order valence-electron chi connectivity index (χ2n) is 7.77. The first kappa shape index (κ1) is 21.4. The molecule has 2 amide bonds. The van der Waals surface area contributed by atoms with Crippen LogP contribution in [0.5, 0.6) is 5.75 Å². The number of likely N-dealkylation sites (tertiary alicyclic amines) is 1. The quantitative estimate of drug-likeness (QED) is 0.742. The first-order valence-corrected chi connectivity index (χ1v) is 9.67. The van der Waals surface area contributed by atoms with Gasteiger partial charge in [0.1, 0.15) is 12.4 Å². The van der Waals surface area contributed by atoms with E-state index in [2.05, 4.69) is 4.74 Å². The fourth-order valence-corrected chi connectivity index (χ4v) is 3.87. The predicted molar refractivity (Wildman–Crippen MR) is 99.4 cm³/mol. The Kier molecular flexibility index (Phi) is 6.07. The van der Waals surface area contributed by atoms with Crippen molar-refractivity contribution in [3.8, 4) is 5.75 Å². The number of nitrogens with zero attached hydrogens (tertiary/aromatic N) is 2. The van der Waals surface area contributed by atoms with Crippen molar-refractivity contribution in [2.45, 2.75) is 45.6 Å². The van der Waals surface area contributed by atoms with Gasteiger partial charge in [0.2, 0.25) is 11.8 Å². The van der Waals surface area contributed by atoms with Crippen LogP contribution in [0.25, 0.3) is 0 Å². The summed E-state index contributed by atoms with van der Waals surface area (Å²) in [6, 6.07) is 5.33. The van der Waals surface area contributed by atoms with Gasteiger partial charge in [-0.05, 0) is 57.4 Å². The highest BCUT2D eigenvalue weighted by Crippen LogP contribution is 2.43. The molecule has 0 saturated carbocycles. The summed E-state index contributed by atoms with van der Waals surface area (Å²) in [6.07, 6.45) is -2.96. The zero-order valence-corrected chi connectivity index (χ0v) is 16.5. The molecule has 2 saturated heterocycles. The molecule has 160 valence electrons. The summed E-state index contributed by atoms with van der Waals surface area (Å²) in [5, 5.41) is 0. The fraction of sp³-hybridized carbons (Fsp3) is 0.600. The van der Waals surface area contributed by atoms with Crippen molar-refractivity contribution in [3.05, 3.63) is 24.3 Å². The number of amides is 2. The van der Waals surface area contributed by atoms with Gasteiger partial charge in [0.25, 0.3) is 0 Å². The molecule has 3 rings (SSSR count). The maximum absolute atomic E-state index is 13.1. The Labute approximate surface area is 167 Å². The van der Waals surface area contributed by atoms with E-state index in [-0.39, 0.29) is 30.3 Å². The number of benzene rings is 1. The highest BCUT2D eigenvalue weighted by molar-refractivity contribution is 6.00. The summed E-state index contributed by atoms with van der Waals surface area (Å²) in [4.78, 5) is 28.6. The minimum atomic E-state index is -4.75. The van der Waals surface area contributed by atoms with Crippen molar-refractivity contribution in [2.24, 2.45) is 5.41 Å². The third-order valence-corrected chi connectivity index (χ3v) is 5.51. The molecule has 1 spiro atoms. The van der Waals surface area contributed by atoms with Crippen molar-refractivity contribution in [3.63, 3.8) is 0 Å². The van der Waals surface area contributed by atoms with E-state index >= 15 is 0 Å².